The van der Waals surface area contributed by atoms with Gasteiger partial charge >= 0.3 is 0 Å². The highest BCUT2D eigenvalue weighted by atomic mass is 30.6. The molecule has 1 atom stereocenters. The molecule has 0 radical (unpaired) electrons. The molecular formula is C28H84Si14. The van der Waals surface area contributed by atoms with Crippen LogP contribution in [0.5, 0.6) is 0 Å². The Labute approximate surface area is 280 Å². The van der Waals surface area contributed by atoms with E-state index in [-0.39, 0.29) is 0 Å². The highest BCUT2D eigenvalue weighted by Gasteiger charge is 2.95. The monoisotopic (exact) mass is 812 g/mol. The van der Waals surface area contributed by atoms with Crippen LogP contribution in [0.15, 0.2) is 0 Å². The average molecular weight is 814 g/mol. The Bertz CT molecular complexity index is 964. The third-order valence-corrected chi connectivity index (χ3v) is 458. The van der Waals surface area contributed by atoms with E-state index in [1.165, 1.54) is 0 Å². The molecule has 0 saturated carbocycles. The second kappa shape index (κ2) is 10.8. The van der Waals surface area contributed by atoms with Crippen molar-refractivity contribution >= 4 is 99.5 Å². The molecule has 1 fully saturated rings. The molecule has 1 heterocycles. The SMILES string of the molecule is C[Si](C)(C)[Si]([Si](C)(C)C)([Si](C)(C)C)[Si](C)(C)[Si@@]1(C)[Si](C)(C)[Si]([Si](C)(C)C)([Si](C)(C)C)[Si](C)(C)[Si]1([Si](C)(C)C)[Si](C)(C)C. The van der Waals surface area contributed by atoms with E-state index in [0.29, 0.717) is 0 Å². The van der Waals surface area contributed by atoms with E-state index in [1.54, 1.807) is 0 Å². The van der Waals surface area contributed by atoms with Crippen LogP contribution in [-0.2, 0) is 0 Å². The fraction of sp³-hybridized carbons (Fsp3) is 1.00. The minimum atomic E-state index is -1.65. The molecule has 0 aromatic heterocycles. The molecule has 1 saturated heterocycles. The number of hydrogen-bond acceptors (Lipinski definition) is 0. The highest BCUT2D eigenvalue weighted by molar-refractivity contribution is 8.46. The predicted molar refractivity (Wildman–Crippen MR) is 245 cm³/mol. The maximum atomic E-state index is 3.43. The van der Waals surface area contributed by atoms with Gasteiger partial charge in [0.15, 0.2) is 0 Å². The van der Waals surface area contributed by atoms with Crippen LogP contribution in [0.2, 0.25) is 183 Å². The van der Waals surface area contributed by atoms with Crippen molar-refractivity contribution in [2.24, 2.45) is 0 Å². The molecule has 0 amide bonds. The van der Waals surface area contributed by atoms with Crippen LogP contribution in [0, 0.1) is 0 Å². The van der Waals surface area contributed by atoms with Gasteiger partial charge in [-0.1, -0.05) is 183 Å². The Kier molecular flexibility index (Phi) is 11.0. The highest BCUT2D eigenvalue weighted by Crippen LogP contribution is 2.66. The molecule has 0 nitrogen and oxygen atoms in total. The topological polar surface area (TPSA) is 0 Å². The van der Waals surface area contributed by atoms with Gasteiger partial charge in [-0.3, -0.25) is 0 Å². The van der Waals surface area contributed by atoms with Gasteiger partial charge in [-0.05, 0) is 0 Å². The summed E-state index contributed by atoms with van der Waals surface area (Å²) in [7, 11) is -14.6. The summed E-state index contributed by atoms with van der Waals surface area (Å²) in [6, 6.07) is 0. The molecule has 0 spiro atoms. The quantitative estimate of drug-likeness (QED) is 0.204. The van der Waals surface area contributed by atoms with Gasteiger partial charge in [0.25, 0.3) is 0 Å². The summed E-state index contributed by atoms with van der Waals surface area (Å²) in [5.41, 5.74) is 0. The lowest BCUT2D eigenvalue weighted by Crippen LogP contribution is -3.06. The van der Waals surface area contributed by atoms with Crippen LogP contribution in [0.1, 0.15) is 0 Å². The third-order valence-electron chi connectivity index (χ3n) is 14.9. The summed E-state index contributed by atoms with van der Waals surface area (Å²) >= 11 is 0. The summed E-state index contributed by atoms with van der Waals surface area (Å²) in [5.74, 6) is 0. The lowest BCUT2D eigenvalue weighted by Gasteiger charge is -2.75. The molecule has 1 rings (SSSR count). The van der Waals surface area contributed by atoms with Gasteiger partial charge < -0.3 is 0 Å². The summed E-state index contributed by atoms with van der Waals surface area (Å²) < 4.78 is 0. The summed E-state index contributed by atoms with van der Waals surface area (Å²) in [6.07, 6.45) is -4.61. The lowest BCUT2D eigenvalue weighted by atomic mass is 11.8. The van der Waals surface area contributed by atoms with E-state index in [4.69, 9.17) is 0 Å². The van der Waals surface area contributed by atoms with E-state index in [9.17, 15) is 0 Å². The van der Waals surface area contributed by atoms with Gasteiger partial charge in [0, 0.05) is 99.5 Å². The first-order valence-electron chi connectivity index (χ1n) is 17.5. The fourth-order valence-electron chi connectivity index (χ4n) is 19.7. The van der Waals surface area contributed by atoms with Crippen molar-refractivity contribution in [3.63, 3.8) is 0 Å². The average Bonchev–Trinajstić information content (AvgIpc) is 2.62. The van der Waals surface area contributed by atoms with Crippen LogP contribution in [0.3, 0.4) is 0 Å². The molecule has 0 aliphatic carbocycles. The maximum absolute atomic E-state index is 3.43. The molecule has 14 heteroatoms. The molecule has 0 aromatic rings. The standard InChI is InChI=1S/C28H84Si14/c1-29(2,3)40(30(4,5)6,31(7,8)9)36(22,23)39(28)37(24,25)41(32(10,11)12,33(13,14)15)38(26,27)42(39,34(16,17)18)35(19,20)21/h1-28H3/t39-/m0/s1. The smallest absolute Gasteiger partial charge is 0.0313 e. The molecule has 0 N–H and O–H groups in total. The molecule has 0 unspecified atom stereocenters. The van der Waals surface area contributed by atoms with E-state index < -0.39 is 99.5 Å². The first-order valence-corrected chi connectivity index (χ1v) is 73.5. The van der Waals surface area contributed by atoms with Gasteiger partial charge in [0.1, 0.15) is 0 Å². The first kappa shape index (κ1) is 43.1. The Morgan fingerprint density at radius 2 is 0.500 bits per heavy atom. The first-order chi connectivity index (χ1) is 17.5. The van der Waals surface area contributed by atoms with Crippen LogP contribution in [0.25, 0.3) is 0 Å². The van der Waals surface area contributed by atoms with E-state index >= 15 is 0 Å². The van der Waals surface area contributed by atoms with Gasteiger partial charge in [0.05, 0.1) is 0 Å². The van der Waals surface area contributed by atoms with Crippen molar-refractivity contribution in [1.29, 1.82) is 0 Å². The molecule has 0 aromatic carbocycles. The van der Waals surface area contributed by atoms with Crippen molar-refractivity contribution in [3.8, 4) is 0 Å². The maximum Gasteiger partial charge on any atom is 0.0313 e. The zero-order valence-corrected chi connectivity index (χ0v) is 49.0. The molecule has 0 bridgehead atoms. The third kappa shape index (κ3) is 4.57. The zero-order valence-electron chi connectivity index (χ0n) is 35.0. The molecule has 1 aliphatic rings. The summed E-state index contributed by atoms with van der Waals surface area (Å²) in [5, 5.41) is 0. The molecular weight excluding hydrogens is 730 g/mol. The van der Waals surface area contributed by atoms with E-state index in [1.807, 2.05) is 0 Å². The molecule has 252 valence electrons. The lowest BCUT2D eigenvalue weighted by molar-refractivity contribution is 1.73. The Balaban J connectivity index is 5.26. The van der Waals surface area contributed by atoms with Crippen molar-refractivity contribution in [2.45, 2.75) is 183 Å². The van der Waals surface area contributed by atoms with E-state index in [0.717, 1.165) is 0 Å². The van der Waals surface area contributed by atoms with Crippen LogP contribution >= 0.6 is 0 Å². The fourth-order valence-corrected chi connectivity index (χ4v) is 978. The summed E-state index contributed by atoms with van der Waals surface area (Å²) in [4.78, 5) is 0. The second-order valence-corrected chi connectivity index (χ2v) is 198. The number of hydrogen-bond donors (Lipinski definition) is 0. The second-order valence-electron chi connectivity index (χ2n) is 24.0. The van der Waals surface area contributed by atoms with Gasteiger partial charge in [0.2, 0.25) is 0 Å². The van der Waals surface area contributed by atoms with Gasteiger partial charge in [-0.15, -0.1) is 0 Å². The minimum absolute atomic E-state index is 1.38. The van der Waals surface area contributed by atoms with Crippen molar-refractivity contribution < 1.29 is 0 Å². The van der Waals surface area contributed by atoms with Crippen LogP contribution in [-0.4, -0.2) is 99.5 Å². The summed E-state index contributed by atoms with van der Waals surface area (Å²) in [6.45, 7) is 84.9. The molecule has 42 heavy (non-hydrogen) atoms. The van der Waals surface area contributed by atoms with E-state index in [2.05, 4.69) is 183 Å². The van der Waals surface area contributed by atoms with Crippen LogP contribution < -0.4 is 0 Å². The Hall–Kier alpha value is 3.04. The van der Waals surface area contributed by atoms with Gasteiger partial charge in [-0.25, -0.2) is 0 Å². The van der Waals surface area contributed by atoms with Crippen molar-refractivity contribution in [3.05, 3.63) is 0 Å². The van der Waals surface area contributed by atoms with Crippen LogP contribution in [0.4, 0.5) is 0 Å². The van der Waals surface area contributed by atoms with Gasteiger partial charge in [-0.2, -0.15) is 0 Å². The minimum Gasteiger partial charge on any atom is -0.0756 e. The molecule has 1 aliphatic heterocycles. The zero-order chi connectivity index (χ0) is 35.0. The normalized spacial score (nSPS) is 26.0. The van der Waals surface area contributed by atoms with Crippen molar-refractivity contribution in [2.75, 3.05) is 0 Å². The van der Waals surface area contributed by atoms with Crippen molar-refractivity contribution in [1.82, 2.24) is 0 Å². The number of rotatable bonds is 9. The Morgan fingerprint density at radius 3 is 0.667 bits per heavy atom. The largest absolute Gasteiger partial charge is 0.0756 e. The Morgan fingerprint density at radius 1 is 0.286 bits per heavy atom. The predicted octanol–water partition coefficient (Wildman–Crippen LogP) is 11.0.